The van der Waals surface area contributed by atoms with E-state index in [0.29, 0.717) is 115 Å². The zero-order valence-electron chi connectivity index (χ0n) is 74.7. The number of hydrogen-bond acceptors (Lipinski definition) is 18. The predicted octanol–water partition coefficient (Wildman–Crippen LogP) is 20.6. The molecule has 6 aromatic heterocycles. The molecular formula is C101H93Cl2F7N14O9Si. The average molecular weight is 1880 g/mol. The number of aromatic hydroxyl groups is 2. The Bertz CT molecular complexity index is 6820. The van der Waals surface area contributed by atoms with Crippen molar-refractivity contribution < 1.29 is 74.8 Å². The third-order valence-corrected chi connectivity index (χ3v) is 20.6. The first-order valence-electron chi connectivity index (χ1n) is 41.3. The van der Waals surface area contributed by atoms with Gasteiger partial charge in [0.1, 0.15) is 93.9 Å². The number of likely N-dealkylation sites (N-methyl/N-ethyl adjacent to an activating group) is 1. The van der Waals surface area contributed by atoms with Gasteiger partial charge in [0.15, 0.2) is 40.5 Å². The number of aryl methyl sites for hydroxylation is 3. The van der Waals surface area contributed by atoms with Gasteiger partial charge in [-0.1, -0.05) is 128 Å². The van der Waals surface area contributed by atoms with Crippen LogP contribution < -0.4 is 4.74 Å². The predicted molar refractivity (Wildman–Crippen MR) is 505 cm³/mol. The molecule has 0 saturated heterocycles. The molecule has 23 nitrogen and oxygen atoms in total. The van der Waals surface area contributed by atoms with E-state index in [-0.39, 0.29) is 89.0 Å². The molecule has 0 aliphatic rings. The van der Waals surface area contributed by atoms with Crippen LogP contribution in [0.5, 0.6) is 17.2 Å². The number of carbonyl (C=O) groups excluding carboxylic acids is 3. The number of hydrogen-bond donors (Lipinski definition) is 6. The van der Waals surface area contributed by atoms with Crippen molar-refractivity contribution >= 4 is 87.8 Å². The van der Waals surface area contributed by atoms with Crippen LogP contribution in [0.1, 0.15) is 73.5 Å². The lowest BCUT2D eigenvalue weighted by molar-refractivity contribution is -0.167. The Morgan fingerprint density at radius 3 is 1.19 bits per heavy atom. The van der Waals surface area contributed by atoms with Gasteiger partial charge in [-0.25, -0.2) is 80.7 Å². The number of rotatable bonds is 21. The lowest BCUT2D eigenvalue weighted by atomic mass is 10.1. The third-order valence-electron chi connectivity index (χ3n) is 19.2. The number of ketones is 2. The minimum atomic E-state index is -1.49. The normalized spacial score (nSPS) is 10.7. The number of allylic oxidation sites excluding steroid dienone is 1. The first kappa shape index (κ1) is 101. The van der Waals surface area contributed by atoms with Crippen LogP contribution in [0.15, 0.2) is 243 Å². The molecule has 16 rings (SSSR count). The topological polar surface area (TPSA) is 317 Å². The zero-order chi connectivity index (χ0) is 96.9. The summed E-state index contributed by atoms with van der Waals surface area (Å²) >= 11 is 12.7. The van der Waals surface area contributed by atoms with Gasteiger partial charge in [-0.3, -0.25) is 24.0 Å². The number of hydroxylamine groups is 2. The third kappa shape index (κ3) is 31.0. The number of carboxylic acid groups (broad SMARTS) is 1. The number of benzene rings is 10. The number of H-pyrrole nitrogens is 3. The van der Waals surface area contributed by atoms with Crippen LogP contribution in [0.4, 0.5) is 30.7 Å². The number of Topliss-reactive ketones (excluding diaryl/α,β-unsaturated/α-hetero) is 1. The minimum Gasteiger partial charge on any atom is -0.505 e. The number of halogens is 9. The molecule has 134 heavy (non-hydrogen) atoms. The highest BCUT2D eigenvalue weighted by Gasteiger charge is 2.22. The number of amides is 1. The van der Waals surface area contributed by atoms with Crippen molar-refractivity contribution in [1.82, 2.24) is 69.8 Å². The Morgan fingerprint density at radius 2 is 0.791 bits per heavy atom. The number of aromatic nitrogens is 12. The van der Waals surface area contributed by atoms with E-state index in [1.165, 1.54) is 117 Å². The average Bonchev–Trinajstić information content (AvgIpc) is 1.60. The monoisotopic (exact) mass is 1880 g/mol. The summed E-state index contributed by atoms with van der Waals surface area (Å²) in [5.41, 5.74) is 16.4. The second kappa shape index (κ2) is 48.2. The van der Waals surface area contributed by atoms with Crippen LogP contribution in [0.2, 0.25) is 29.7 Å². The quantitative estimate of drug-likeness (QED) is 0.0128. The number of fused-ring (bicyclic) bond motifs is 3. The molecule has 1 amide bonds. The van der Waals surface area contributed by atoms with E-state index >= 15 is 0 Å². The smallest absolute Gasteiger partial charge is 0.307 e. The number of nitrogens with one attached hydrogen (secondary N) is 3. The number of carbonyl (C=O) groups is 4. The number of methoxy groups -OCH3 is 1. The number of ether oxygens (including phenoxy) is 1. The Labute approximate surface area is 778 Å². The van der Waals surface area contributed by atoms with Crippen LogP contribution in [-0.4, -0.2) is 152 Å². The van der Waals surface area contributed by atoms with Crippen molar-refractivity contribution in [2.75, 3.05) is 35.4 Å². The number of imidazole rings is 3. The fourth-order valence-electron chi connectivity index (χ4n) is 12.6. The standard InChI is InChI=1S/C20H16ClFN4O.C19H14ClFN4O.C19H15FN4O.C13H15FOSi.C12H14FNO.C10H12FNO2.C8H7FO2/c1-11-24-17-16(21)10-15(19(27-2)18(17)25-11)20-23-8-7-14(26-20)9-12-3-5-13(22)6-4-12;1-10-23-16-15(20)9-14(18(26)17(16)24-10)19-22-7-6-13(25-19)8-11-2-4-12(21)5-3-11;1-11-22-16-7-6-15(18(25)17(16)23-11)19-21-9-8-14(24-19)10-12-2-4-13(20)5-3-12;1-16(2,3)9-8-13(15)10-11-4-6-12(14)7-5-11;1-14(2)8-7-12(15)9-10-3-5-11(13)6-4-10;1-12(14-2)10(13)7-8-3-5-9(11)6-4-8;9-7-3-1-6(2-4-7)5-8(10)11/h3-8,10H,9H2,1-2H3,(H,24,25);2-7,9,26H,8H2,1H3,(H,23,24);2-9,25H,10H2,1H3,(H,22,23);4-7H,10H2,1-3H3;3-8H,9H2,1-2H3;3-6H,7H2,1-2H3;1-4H,5H2,(H,10,11). The highest BCUT2D eigenvalue weighted by atomic mass is 35.5. The second-order valence-electron chi connectivity index (χ2n) is 31.3. The van der Waals surface area contributed by atoms with Gasteiger partial charge in [-0.05, 0) is 199 Å². The summed E-state index contributed by atoms with van der Waals surface area (Å²) < 4.78 is 94.8. The Balaban J connectivity index is 0.000000166. The summed E-state index contributed by atoms with van der Waals surface area (Å²) in [6.07, 6.45) is 10.6. The first-order chi connectivity index (χ1) is 63.9. The van der Waals surface area contributed by atoms with Gasteiger partial charge in [-0.15, -0.1) is 5.54 Å². The van der Waals surface area contributed by atoms with Gasteiger partial charge < -0.3 is 39.9 Å². The largest absolute Gasteiger partial charge is 0.505 e. The summed E-state index contributed by atoms with van der Waals surface area (Å²) in [5, 5.41) is 31.5. The molecule has 16 aromatic rings. The SMILES string of the molecule is CN(C)C=CC(=O)Cc1ccc(F)cc1.CON(C)C(=O)Cc1ccc(F)cc1.COc1c(-c2nccc(Cc3ccc(F)cc3)n2)cc(Cl)c2nc(C)[nH]c12.C[Si](C)(C)C#CC(=O)Cc1ccc(F)cc1.Cc1nc2c(Cl)cc(-c3nccc(Cc4ccc(F)cc4)n3)c(O)c2[nH]1.Cc1nc2c(O)c(-c3nccc(Cc4ccc(F)cc4)n3)ccc2[nH]1.O=C(O)Cc1ccc(F)cc1. The van der Waals surface area contributed by atoms with Crippen molar-refractivity contribution in [3.8, 4) is 62.9 Å². The summed E-state index contributed by atoms with van der Waals surface area (Å²) in [6, 6.07) is 54.5. The lowest BCUT2D eigenvalue weighted by Gasteiger charge is -2.13. The minimum absolute atomic E-state index is 0.00364. The van der Waals surface area contributed by atoms with Crippen LogP contribution in [0, 0.1) is 73.0 Å². The number of phenolic OH excluding ortho intramolecular Hbond substituents is 2. The first-order valence-corrected chi connectivity index (χ1v) is 45.6. The number of phenols is 2. The number of nitrogens with zero attached hydrogens (tertiary/aromatic N) is 11. The van der Waals surface area contributed by atoms with E-state index < -0.39 is 14.0 Å². The molecule has 0 spiro atoms. The lowest BCUT2D eigenvalue weighted by Crippen LogP contribution is -2.26. The molecule has 6 heterocycles. The van der Waals surface area contributed by atoms with Crippen molar-refractivity contribution in [2.24, 2.45) is 0 Å². The molecule has 0 bridgehead atoms. The number of aromatic amines is 3. The summed E-state index contributed by atoms with van der Waals surface area (Å²) in [6.45, 7) is 11.7. The number of aliphatic carboxylic acids is 1. The van der Waals surface area contributed by atoms with Crippen molar-refractivity contribution in [3.05, 3.63) is 367 Å². The highest BCUT2D eigenvalue weighted by Crippen LogP contribution is 2.40. The Morgan fingerprint density at radius 1 is 0.433 bits per heavy atom. The molecule has 0 radical (unpaired) electrons. The maximum Gasteiger partial charge on any atom is 0.307 e. The Hall–Kier alpha value is -15.1. The molecule has 0 aliphatic heterocycles. The molecule has 688 valence electrons. The van der Waals surface area contributed by atoms with Gasteiger partial charge in [0.2, 0.25) is 11.7 Å². The summed E-state index contributed by atoms with van der Waals surface area (Å²) in [5.74, 6) is 3.54. The molecule has 0 unspecified atom stereocenters. The molecule has 0 atom stereocenters. The molecular weight excluding hydrogens is 1790 g/mol. The zero-order valence-corrected chi connectivity index (χ0v) is 77.2. The van der Waals surface area contributed by atoms with E-state index in [4.69, 9.17) is 37.9 Å². The molecule has 10 aromatic carbocycles. The van der Waals surface area contributed by atoms with Gasteiger partial charge >= 0.3 is 5.97 Å². The van der Waals surface area contributed by atoms with Gasteiger partial charge in [-0.2, -0.15) is 0 Å². The summed E-state index contributed by atoms with van der Waals surface area (Å²) in [7, 11) is 6.75. The maximum absolute atomic E-state index is 13.1. The molecule has 0 aliphatic carbocycles. The fraction of sp³-hybridized carbons (Fsp3) is 0.178. The van der Waals surface area contributed by atoms with Crippen molar-refractivity contribution in [1.29, 1.82) is 0 Å². The second-order valence-corrected chi connectivity index (χ2v) is 36.9. The molecule has 6 N–H and O–H groups in total. The molecule has 0 saturated carbocycles. The summed E-state index contributed by atoms with van der Waals surface area (Å²) in [4.78, 5) is 99.7. The van der Waals surface area contributed by atoms with Gasteiger partial charge in [0, 0.05) is 95.1 Å². The van der Waals surface area contributed by atoms with E-state index in [1.807, 2.05) is 40.1 Å². The van der Waals surface area contributed by atoms with Crippen molar-refractivity contribution in [2.45, 2.75) is 85.4 Å². The molecule has 0 fully saturated rings. The van der Waals surface area contributed by atoms with Crippen molar-refractivity contribution in [3.63, 3.8) is 0 Å². The van der Waals surface area contributed by atoms with E-state index in [1.54, 1.807) is 147 Å². The van der Waals surface area contributed by atoms with Crippen LogP contribution in [0.3, 0.4) is 0 Å². The van der Waals surface area contributed by atoms with Gasteiger partial charge in [0.25, 0.3) is 0 Å². The van der Waals surface area contributed by atoms with Crippen LogP contribution >= 0.6 is 23.2 Å². The number of carboxylic acids is 1. The Kier molecular flexibility index (Phi) is 36.3. The fourth-order valence-corrected chi connectivity index (χ4v) is 13.6. The van der Waals surface area contributed by atoms with Crippen LogP contribution in [0.25, 0.3) is 67.3 Å². The van der Waals surface area contributed by atoms with E-state index in [2.05, 4.69) is 90.9 Å². The molecule has 33 heteroatoms. The maximum atomic E-state index is 13.1. The van der Waals surface area contributed by atoms with E-state index in [0.717, 1.165) is 72.7 Å². The van der Waals surface area contributed by atoms with Gasteiger partial charge in [0.05, 0.1) is 59.3 Å². The highest BCUT2D eigenvalue weighted by molar-refractivity contribution is 6.84. The van der Waals surface area contributed by atoms with Crippen LogP contribution in [-0.2, 0) is 69.0 Å². The van der Waals surface area contributed by atoms with E-state index in [9.17, 15) is 60.1 Å².